The van der Waals surface area contributed by atoms with E-state index in [1.165, 1.54) is 82.4 Å². The van der Waals surface area contributed by atoms with Crippen LogP contribution in [-0.4, -0.2) is 8.07 Å². The Morgan fingerprint density at radius 2 is 0.694 bits per heavy atom. The lowest BCUT2D eigenvalue weighted by Crippen LogP contribution is -2.71. The number of allylic oxidation sites excluding steroid dienone is 4. The first kappa shape index (κ1) is 32.6. The van der Waals surface area contributed by atoms with Crippen LogP contribution >= 0.6 is 0 Å². The molecule has 7 rings (SSSR count). The van der Waals surface area contributed by atoms with E-state index in [-0.39, 0.29) is 0 Å². The van der Waals surface area contributed by atoms with Gasteiger partial charge in [-0.1, -0.05) is 169 Å². The standard InChI is InChI=1S/C48H46Si/c1-32-33(2)35(4)48(34(32)3)49(45-29-17-26-42(36(45)5)39-20-11-8-12-21-39,46-30-18-27-43(37(46)6)40-22-13-9-14-23-40)47-31-19-28-44(38(47)7)41-24-15-10-16-25-41/h8-31,34H,1-7H3. The van der Waals surface area contributed by atoms with E-state index < -0.39 is 8.07 Å². The Hall–Kier alpha value is -4.98. The van der Waals surface area contributed by atoms with E-state index >= 15 is 0 Å². The second-order valence-electron chi connectivity index (χ2n) is 13.9. The van der Waals surface area contributed by atoms with Gasteiger partial charge < -0.3 is 0 Å². The van der Waals surface area contributed by atoms with Crippen LogP contribution in [0.4, 0.5) is 0 Å². The topological polar surface area (TPSA) is 0 Å². The van der Waals surface area contributed by atoms with Gasteiger partial charge in [-0.2, -0.15) is 0 Å². The van der Waals surface area contributed by atoms with Gasteiger partial charge >= 0.3 is 0 Å². The molecule has 0 heterocycles. The molecule has 0 nitrogen and oxygen atoms in total. The highest BCUT2D eigenvalue weighted by Crippen LogP contribution is 2.43. The van der Waals surface area contributed by atoms with Crippen LogP contribution in [0, 0.1) is 26.7 Å². The van der Waals surface area contributed by atoms with Gasteiger partial charge in [0.1, 0.15) is 0 Å². The monoisotopic (exact) mass is 650 g/mol. The van der Waals surface area contributed by atoms with Crippen molar-refractivity contribution in [2.24, 2.45) is 5.92 Å². The van der Waals surface area contributed by atoms with Crippen molar-refractivity contribution in [3.8, 4) is 33.4 Å². The Balaban J connectivity index is 1.69. The van der Waals surface area contributed by atoms with Crippen molar-refractivity contribution in [2.45, 2.75) is 48.5 Å². The van der Waals surface area contributed by atoms with Crippen LogP contribution in [0.15, 0.2) is 168 Å². The maximum Gasteiger partial charge on any atom is 0.177 e. The van der Waals surface area contributed by atoms with Crippen molar-refractivity contribution in [1.29, 1.82) is 0 Å². The first-order valence-corrected chi connectivity index (χ1v) is 19.6. The molecule has 242 valence electrons. The molecule has 0 saturated carbocycles. The fourth-order valence-electron chi connectivity index (χ4n) is 8.76. The number of benzene rings is 6. The number of hydrogen-bond acceptors (Lipinski definition) is 0. The van der Waals surface area contributed by atoms with Crippen LogP contribution < -0.4 is 15.6 Å². The summed E-state index contributed by atoms with van der Waals surface area (Å²) in [4.78, 5) is 0. The summed E-state index contributed by atoms with van der Waals surface area (Å²) in [6, 6.07) is 54.2. The lowest BCUT2D eigenvalue weighted by Gasteiger charge is -2.42. The third kappa shape index (κ3) is 5.29. The van der Waals surface area contributed by atoms with Gasteiger partial charge in [0.25, 0.3) is 0 Å². The molecule has 0 amide bonds. The van der Waals surface area contributed by atoms with Crippen LogP contribution in [0.1, 0.15) is 44.4 Å². The zero-order chi connectivity index (χ0) is 34.3. The minimum absolute atomic E-state index is 0.325. The van der Waals surface area contributed by atoms with Crippen LogP contribution in [0.5, 0.6) is 0 Å². The van der Waals surface area contributed by atoms with Crippen LogP contribution in [0.25, 0.3) is 33.4 Å². The first-order chi connectivity index (χ1) is 23.8. The number of rotatable bonds is 7. The Kier molecular flexibility index (Phi) is 8.73. The van der Waals surface area contributed by atoms with Crippen molar-refractivity contribution in [1.82, 2.24) is 0 Å². The minimum atomic E-state index is -2.99. The molecule has 6 aromatic rings. The number of hydrogen-bond donors (Lipinski definition) is 0. The fraction of sp³-hybridized carbons (Fsp3) is 0.167. The molecule has 6 aromatic carbocycles. The lowest BCUT2D eigenvalue weighted by atomic mass is 10.00. The molecule has 0 aromatic heterocycles. The van der Waals surface area contributed by atoms with E-state index in [2.05, 4.69) is 194 Å². The second kappa shape index (κ2) is 13.1. The van der Waals surface area contributed by atoms with E-state index in [0.717, 1.165) is 0 Å². The summed E-state index contributed by atoms with van der Waals surface area (Å²) in [6.45, 7) is 16.7. The molecular weight excluding hydrogens is 605 g/mol. The van der Waals surface area contributed by atoms with Gasteiger partial charge in [-0.25, -0.2) is 0 Å². The van der Waals surface area contributed by atoms with Crippen molar-refractivity contribution >= 4 is 23.6 Å². The molecule has 0 N–H and O–H groups in total. The maximum atomic E-state index is 2.48. The maximum absolute atomic E-state index is 2.99. The smallest absolute Gasteiger partial charge is 0.0636 e. The lowest BCUT2D eigenvalue weighted by molar-refractivity contribution is 0.851. The predicted octanol–water partition coefficient (Wildman–Crippen LogP) is 10.9. The summed E-state index contributed by atoms with van der Waals surface area (Å²) in [5, 5.41) is 6.08. The quantitative estimate of drug-likeness (QED) is 0.119. The molecule has 1 aliphatic carbocycles. The summed E-state index contributed by atoms with van der Waals surface area (Å²) in [6.07, 6.45) is 0. The van der Waals surface area contributed by atoms with Crippen molar-refractivity contribution in [2.75, 3.05) is 0 Å². The Morgan fingerprint density at radius 3 is 0.980 bits per heavy atom. The first-order valence-electron chi connectivity index (χ1n) is 17.6. The Labute approximate surface area is 294 Å². The average Bonchev–Trinajstić information content (AvgIpc) is 3.33. The summed E-state index contributed by atoms with van der Waals surface area (Å²) < 4.78 is 0. The largest absolute Gasteiger partial charge is 0.177 e. The average molecular weight is 651 g/mol. The molecule has 1 unspecified atom stereocenters. The van der Waals surface area contributed by atoms with Crippen LogP contribution in [0.3, 0.4) is 0 Å². The van der Waals surface area contributed by atoms with Gasteiger partial charge in [-0.3, -0.25) is 0 Å². The molecule has 1 atom stereocenters. The van der Waals surface area contributed by atoms with Crippen molar-refractivity contribution < 1.29 is 0 Å². The van der Waals surface area contributed by atoms with E-state index in [9.17, 15) is 0 Å². The molecule has 0 fully saturated rings. The van der Waals surface area contributed by atoms with Crippen LogP contribution in [-0.2, 0) is 0 Å². The molecule has 0 radical (unpaired) electrons. The Bertz CT molecular complexity index is 2000. The van der Waals surface area contributed by atoms with Gasteiger partial charge in [-0.05, 0) is 119 Å². The summed E-state index contributed by atoms with van der Waals surface area (Å²) in [7, 11) is -2.99. The zero-order valence-corrected chi connectivity index (χ0v) is 30.9. The van der Waals surface area contributed by atoms with Crippen LogP contribution in [0.2, 0.25) is 0 Å². The van der Waals surface area contributed by atoms with E-state index in [1.807, 2.05) is 0 Å². The molecule has 49 heavy (non-hydrogen) atoms. The molecule has 0 aliphatic heterocycles. The minimum Gasteiger partial charge on any atom is -0.0636 e. The van der Waals surface area contributed by atoms with Gasteiger partial charge in [0.15, 0.2) is 8.07 Å². The highest BCUT2D eigenvalue weighted by atomic mass is 28.3. The molecule has 1 aliphatic rings. The predicted molar refractivity (Wildman–Crippen MR) is 215 cm³/mol. The van der Waals surface area contributed by atoms with Gasteiger partial charge in [0, 0.05) is 0 Å². The molecule has 1 heteroatoms. The van der Waals surface area contributed by atoms with E-state index in [1.54, 1.807) is 5.20 Å². The molecule has 0 saturated heterocycles. The van der Waals surface area contributed by atoms with Crippen molar-refractivity contribution in [3.63, 3.8) is 0 Å². The zero-order valence-electron chi connectivity index (χ0n) is 29.9. The summed E-state index contributed by atoms with van der Waals surface area (Å²) in [5.74, 6) is 0.325. The molecule has 0 bridgehead atoms. The molecular formula is C48H46Si. The van der Waals surface area contributed by atoms with E-state index in [4.69, 9.17) is 0 Å². The summed E-state index contributed by atoms with van der Waals surface area (Å²) >= 11 is 0. The van der Waals surface area contributed by atoms with E-state index in [0.29, 0.717) is 5.92 Å². The third-order valence-electron chi connectivity index (χ3n) is 11.5. The highest BCUT2D eigenvalue weighted by Gasteiger charge is 2.50. The van der Waals surface area contributed by atoms with Gasteiger partial charge in [-0.15, -0.1) is 0 Å². The van der Waals surface area contributed by atoms with Crippen molar-refractivity contribution in [3.05, 3.63) is 184 Å². The SMILES string of the molecule is CC1=C(C)C(C)C([Si](c2cccc(-c3ccccc3)c2C)(c2cccc(-c3ccccc3)c2C)c2cccc(-c3ccccc3)c2C)=C1C. The Morgan fingerprint density at radius 1 is 0.367 bits per heavy atom. The highest BCUT2D eigenvalue weighted by molar-refractivity contribution is 7.17. The van der Waals surface area contributed by atoms with Gasteiger partial charge in [0.2, 0.25) is 0 Å². The third-order valence-corrected chi connectivity index (χ3v) is 17.2. The fourth-order valence-corrected chi connectivity index (χ4v) is 15.2. The summed E-state index contributed by atoms with van der Waals surface area (Å²) in [5.41, 5.74) is 16.3. The molecule has 0 spiro atoms. The second-order valence-corrected chi connectivity index (χ2v) is 17.5. The normalized spacial score (nSPS) is 14.9. The van der Waals surface area contributed by atoms with Gasteiger partial charge in [0.05, 0.1) is 0 Å².